The Bertz CT molecular complexity index is 332. The number of urea groups is 1. The molecular formula is C13H22N2O3S. The zero-order chi connectivity index (χ0) is 13.7. The monoisotopic (exact) mass is 286 g/mol. The maximum absolute atomic E-state index is 12.4. The van der Waals surface area contributed by atoms with Crippen LogP contribution in [0.2, 0.25) is 0 Å². The molecule has 108 valence electrons. The van der Waals surface area contributed by atoms with Crippen molar-refractivity contribution in [2.24, 2.45) is 5.92 Å². The van der Waals surface area contributed by atoms with E-state index in [-0.39, 0.29) is 12.5 Å². The molecule has 2 saturated heterocycles. The highest BCUT2D eigenvalue weighted by Crippen LogP contribution is 2.22. The van der Waals surface area contributed by atoms with Gasteiger partial charge in [0, 0.05) is 44.1 Å². The molecule has 0 radical (unpaired) electrons. The van der Waals surface area contributed by atoms with Crippen LogP contribution in [0.1, 0.15) is 25.7 Å². The highest BCUT2D eigenvalue weighted by atomic mass is 32.2. The summed E-state index contributed by atoms with van der Waals surface area (Å²) in [7, 11) is 0. The van der Waals surface area contributed by atoms with Gasteiger partial charge >= 0.3 is 12.0 Å². The molecule has 0 aromatic carbocycles. The van der Waals surface area contributed by atoms with Crippen LogP contribution >= 0.6 is 11.8 Å². The summed E-state index contributed by atoms with van der Waals surface area (Å²) in [6.07, 6.45) is 2.95. The molecular weight excluding hydrogens is 264 g/mol. The van der Waals surface area contributed by atoms with Crippen LogP contribution in [0, 0.1) is 5.92 Å². The van der Waals surface area contributed by atoms with Gasteiger partial charge < -0.3 is 14.9 Å². The van der Waals surface area contributed by atoms with Gasteiger partial charge in [-0.05, 0) is 25.2 Å². The van der Waals surface area contributed by atoms with Crippen LogP contribution in [0.4, 0.5) is 4.79 Å². The topological polar surface area (TPSA) is 60.9 Å². The zero-order valence-corrected chi connectivity index (χ0v) is 12.0. The fraction of sp³-hybridized carbons (Fsp3) is 0.846. The van der Waals surface area contributed by atoms with Gasteiger partial charge in [-0.25, -0.2) is 4.79 Å². The maximum Gasteiger partial charge on any atom is 0.320 e. The number of carbonyl (C=O) groups excluding carboxylic acids is 1. The third-order valence-corrected chi connectivity index (χ3v) is 4.78. The highest BCUT2D eigenvalue weighted by molar-refractivity contribution is 7.99. The van der Waals surface area contributed by atoms with E-state index in [2.05, 4.69) is 0 Å². The number of nitrogens with zero attached hydrogens (tertiary/aromatic N) is 2. The van der Waals surface area contributed by atoms with E-state index in [4.69, 9.17) is 5.11 Å². The number of piperidine rings is 1. The minimum Gasteiger partial charge on any atom is -0.481 e. The first kappa shape index (κ1) is 14.5. The lowest BCUT2D eigenvalue weighted by atomic mass is 9.93. The number of hydrogen-bond acceptors (Lipinski definition) is 3. The third-order valence-electron chi connectivity index (χ3n) is 3.84. The van der Waals surface area contributed by atoms with Crippen molar-refractivity contribution < 1.29 is 14.7 Å². The third kappa shape index (κ3) is 4.30. The Morgan fingerprint density at radius 1 is 1.16 bits per heavy atom. The van der Waals surface area contributed by atoms with Gasteiger partial charge in [-0.3, -0.25) is 4.79 Å². The summed E-state index contributed by atoms with van der Waals surface area (Å²) in [5, 5.41) is 8.73. The maximum atomic E-state index is 12.4. The van der Waals surface area contributed by atoms with Crippen LogP contribution in [-0.2, 0) is 4.79 Å². The van der Waals surface area contributed by atoms with E-state index in [1.54, 1.807) is 0 Å². The molecule has 2 heterocycles. The van der Waals surface area contributed by atoms with Crippen LogP contribution in [0.15, 0.2) is 0 Å². The lowest BCUT2D eigenvalue weighted by Gasteiger charge is -2.37. The molecule has 2 aliphatic rings. The summed E-state index contributed by atoms with van der Waals surface area (Å²) < 4.78 is 0. The lowest BCUT2D eigenvalue weighted by molar-refractivity contribution is -0.137. The van der Waals surface area contributed by atoms with Crippen LogP contribution in [-0.4, -0.2) is 64.6 Å². The van der Waals surface area contributed by atoms with Gasteiger partial charge in [-0.15, -0.1) is 0 Å². The highest BCUT2D eigenvalue weighted by Gasteiger charge is 2.27. The van der Waals surface area contributed by atoms with E-state index < -0.39 is 5.97 Å². The Balaban J connectivity index is 1.82. The minimum atomic E-state index is -0.739. The van der Waals surface area contributed by atoms with E-state index in [9.17, 15) is 9.59 Å². The van der Waals surface area contributed by atoms with Gasteiger partial charge in [0.15, 0.2) is 0 Å². The first-order valence-corrected chi connectivity index (χ1v) is 8.15. The quantitative estimate of drug-likeness (QED) is 0.858. The second-order valence-electron chi connectivity index (χ2n) is 5.27. The smallest absolute Gasteiger partial charge is 0.320 e. The summed E-state index contributed by atoms with van der Waals surface area (Å²) in [4.78, 5) is 26.8. The van der Waals surface area contributed by atoms with Crippen LogP contribution in [0.5, 0.6) is 0 Å². The number of amides is 2. The normalized spacial score (nSPS) is 24.3. The molecule has 0 aliphatic carbocycles. The van der Waals surface area contributed by atoms with Crippen molar-refractivity contribution in [2.45, 2.75) is 25.7 Å². The van der Waals surface area contributed by atoms with Crippen LogP contribution < -0.4 is 0 Å². The molecule has 2 fully saturated rings. The molecule has 5 nitrogen and oxygen atoms in total. The molecule has 1 atom stereocenters. The summed E-state index contributed by atoms with van der Waals surface area (Å²) in [6.45, 7) is 3.25. The number of carboxylic acids is 1. The predicted octanol–water partition coefficient (Wildman–Crippen LogP) is 1.73. The largest absolute Gasteiger partial charge is 0.481 e. The molecule has 2 rings (SSSR count). The van der Waals surface area contributed by atoms with Gasteiger partial charge in [0.2, 0.25) is 0 Å². The molecule has 0 aromatic heterocycles. The Hall–Kier alpha value is -0.910. The molecule has 2 amide bonds. The molecule has 1 unspecified atom stereocenters. The molecule has 0 saturated carbocycles. The standard InChI is InChI=1S/C13H22N2O3S/c16-12(17)4-3-11-2-1-5-15(10-11)13(18)14-6-8-19-9-7-14/h11H,1-10H2,(H,16,17). The van der Waals surface area contributed by atoms with Gasteiger partial charge in [0.1, 0.15) is 0 Å². The molecule has 0 aromatic rings. The summed E-state index contributed by atoms with van der Waals surface area (Å²) in [6, 6.07) is 0.153. The zero-order valence-electron chi connectivity index (χ0n) is 11.2. The molecule has 1 N–H and O–H groups in total. The summed E-state index contributed by atoms with van der Waals surface area (Å²) in [5.41, 5.74) is 0. The van der Waals surface area contributed by atoms with Gasteiger partial charge in [0.05, 0.1) is 0 Å². The summed E-state index contributed by atoms with van der Waals surface area (Å²) in [5.74, 6) is 1.67. The number of likely N-dealkylation sites (tertiary alicyclic amines) is 1. The van der Waals surface area contributed by atoms with E-state index in [1.165, 1.54) is 0 Å². The molecule has 0 bridgehead atoms. The van der Waals surface area contributed by atoms with Crippen molar-refractivity contribution in [1.82, 2.24) is 9.80 Å². The number of rotatable bonds is 3. The first-order valence-electron chi connectivity index (χ1n) is 7.00. The lowest BCUT2D eigenvalue weighted by Crippen LogP contribution is -2.50. The van der Waals surface area contributed by atoms with E-state index in [1.807, 2.05) is 21.6 Å². The van der Waals surface area contributed by atoms with Crippen molar-refractivity contribution in [2.75, 3.05) is 37.7 Å². The Kier molecular flexibility index (Phi) is 5.36. The van der Waals surface area contributed by atoms with Crippen molar-refractivity contribution in [3.63, 3.8) is 0 Å². The Morgan fingerprint density at radius 2 is 1.89 bits per heavy atom. The van der Waals surface area contributed by atoms with E-state index in [0.29, 0.717) is 12.3 Å². The van der Waals surface area contributed by atoms with E-state index in [0.717, 1.165) is 50.5 Å². The van der Waals surface area contributed by atoms with Crippen molar-refractivity contribution in [3.05, 3.63) is 0 Å². The molecule has 0 spiro atoms. The average molecular weight is 286 g/mol. The second kappa shape index (κ2) is 7.03. The molecule has 2 aliphatic heterocycles. The number of carbonyl (C=O) groups is 2. The fourth-order valence-electron chi connectivity index (χ4n) is 2.76. The van der Waals surface area contributed by atoms with Crippen LogP contribution in [0.3, 0.4) is 0 Å². The number of thioether (sulfide) groups is 1. The minimum absolute atomic E-state index is 0.153. The van der Waals surface area contributed by atoms with Crippen molar-refractivity contribution in [1.29, 1.82) is 0 Å². The number of aliphatic carboxylic acids is 1. The van der Waals surface area contributed by atoms with Crippen LogP contribution in [0.25, 0.3) is 0 Å². The second-order valence-corrected chi connectivity index (χ2v) is 6.49. The van der Waals surface area contributed by atoms with Crippen molar-refractivity contribution in [3.8, 4) is 0 Å². The average Bonchev–Trinajstić information content (AvgIpc) is 2.45. The summed E-state index contributed by atoms with van der Waals surface area (Å²) >= 11 is 1.90. The Morgan fingerprint density at radius 3 is 2.58 bits per heavy atom. The van der Waals surface area contributed by atoms with Crippen molar-refractivity contribution >= 4 is 23.8 Å². The number of carboxylic acid groups (broad SMARTS) is 1. The van der Waals surface area contributed by atoms with Gasteiger partial charge in [-0.2, -0.15) is 11.8 Å². The fourth-order valence-corrected chi connectivity index (χ4v) is 3.66. The number of hydrogen-bond donors (Lipinski definition) is 1. The Labute approximate surface area is 118 Å². The van der Waals surface area contributed by atoms with E-state index >= 15 is 0 Å². The SMILES string of the molecule is O=C(O)CCC1CCCN(C(=O)N2CCSCC2)C1. The molecule has 19 heavy (non-hydrogen) atoms. The van der Waals surface area contributed by atoms with Gasteiger partial charge in [-0.1, -0.05) is 0 Å². The van der Waals surface area contributed by atoms with Gasteiger partial charge in [0.25, 0.3) is 0 Å². The first-order chi connectivity index (χ1) is 9.16. The molecule has 6 heteroatoms. The predicted molar refractivity (Wildman–Crippen MR) is 75.5 cm³/mol.